The van der Waals surface area contributed by atoms with E-state index in [1.165, 1.54) is 0 Å². The molecule has 1 amide bonds. The molecule has 1 N–H and O–H groups in total. The predicted octanol–water partition coefficient (Wildman–Crippen LogP) is -1.17. The number of hydrogen-bond donors (Lipinski definition) is 1. The summed E-state index contributed by atoms with van der Waals surface area (Å²) in [5.74, 6) is 0. The Morgan fingerprint density at radius 2 is 2.33 bits per heavy atom. The molecule has 0 aromatic heterocycles. The van der Waals surface area contributed by atoms with Gasteiger partial charge in [-0.1, -0.05) is 5.43 Å². The molecule has 33 valence electrons. The highest BCUT2D eigenvalue weighted by Gasteiger charge is 1.83. The second kappa shape index (κ2) is 2.13. The van der Waals surface area contributed by atoms with Crippen molar-refractivity contribution in [1.82, 2.24) is 5.43 Å². The Morgan fingerprint density at radius 1 is 1.83 bits per heavy atom. The highest BCUT2D eigenvalue weighted by atomic mass is 16.7. The first kappa shape index (κ1) is 4.87. The number of hydrogen-bond acceptors (Lipinski definition) is 3. The normalized spacial score (nSPS) is 6.67. The van der Waals surface area contributed by atoms with E-state index in [0.29, 0.717) is 0 Å². The van der Waals surface area contributed by atoms with Crippen molar-refractivity contribution in [3.8, 4) is 0 Å². The Kier molecular flexibility index (Phi) is 1.73. The standard InChI is InChI=1S/CHN2O3/c4-1-2-3(5)6/h(H,2,4). The number of hydrazine groups is 1. The lowest BCUT2D eigenvalue weighted by atomic mass is 11.4. The summed E-state index contributed by atoms with van der Waals surface area (Å²) in [5, 5.41) is 8.04. The number of nitrogens with zero attached hydrogens (tertiary/aromatic N) is 1. The molecule has 0 heterocycles. The van der Waals surface area contributed by atoms with Crippen molar-refractivity contribution in [3.63, 3.8) is 0 Å². The SMILES string of the molecule is O=[C]N[N+](=O)[O-]. The molecule has 0 aromatic rings. The Labute approximate surface area is 33.1 Å². The van der Waals surface area contributed by atoms with Crippen molar-refractivity contribution < 1.29 is 9.83 Å². The van der Waals surface area contributed by atoms with Gasteiger partial charge < -0.3 is 0 Å². The van der Waals surface area contributed by atoms with Crippen molar-refractivity contribution in [2.75, 3.05) is 0 Å². The molecule has 0 bridgehead atoms. The summed E-state index contributed by atoms with van der Waals surface area (Å²) in [4.78, 5) is 18.0. The lowest BCUT2D eigenvalue weighted by Gasteiger charge is -1.73. The molecular weight excluding hydrogens is 88.0 g/mol. The van der Waals surface area contributed by atoms with Crippen LogP contribution in [0.3, 0.4) is 0 Å². The molecule has 0 rings (SSSR count). The first-order valence-electron chi connectivity index (χ1n) is 1.04. The molecule has 0 aliphatic carbocycles. The van der Waals surface area contributed by atoms with E-state index in [4.69, 9.17) is 14.9 Å². The Morgan fingerprint density at radius 3 is 2.33 bits per heavy atom. The van der Waals surface area contributed by atoms with E-state index in [1.807, 2.05) is 0 Å². The van der Waals surface area contributed by atoms with Gasteiger partial charge in [-0.15, -0.1) is 0 Å². The van der Waals surface area contributed by atoms with Crippen LogP contribution in [0, 0.1) is 10.1 Å². The van der Waals surface area contributed by atoms with Crippen LogP contribution in [-0.4, -0.2) is 11.4 Å². The van der Waals surface area contributed by atoms with Crippen LogP contribution in [0.2, 0.25) is 0 Å². The van der Waals surface area contributed by atoms with Crippen LogP contribution in [0.25, 0.3) is 0 Å². The van der Waals surface area contributed by atoms with E-state index in [0.717, 1.165) is 11.8 Å². The number of nitrogens with one attached hydrogen (secondary N) is 1. The van der Waals surface area contributed by atoms with E-state index in [-0.39, 0.29) is 0 Å². The van der Waals surface area contributed by atoms with Gasteiger partial charge in [0.25, 0.3) is 0 Å². The van der Waals surface area contributed by atoms with E-state index in [2.05, 4.69) is 0 Å². The summed E-state index contributed by atoms with van der Waals surface area (Å²) < 4.78 is 0. The smallest absolute Gasteiger partial charge is 0.257 e. The number of carbonyl (C=O) groups excluding carboxylic acids is 1. The lowest BCUT2D eigenvalue weighted by molar-refractivity contribution is -0.524. The van der Waals surface area contributed by atoms with Gasteiger partial charge in [-0.3, -0.25) is 4.79 Å². The van der Waals surface area contributed by atoms with Crippen molar-refractivity contribution in [2.24, 2.45) is 0 Å². The van der Waals surface area contributed by atoms with Gasteiger partial charge in [0.1, 0.15) is 0 Å². The van der Waals surface area contributed by atoms with Gasteiger partial charge in [0.05, 0.1) is 0 Å². The van der Waals surface area contributed by atoms with Crippen LogP contribution in [0.1, 0.15) is 0 Å². The minimum absolute atomic E-state index is 0.868. The maximum Gasteiger partial charge on any atom is 0.373 e. The summed E-state index contributed by atoms with van der Waals surface area (Å²) in [7, 11) is 0. The van der Waals surface area contributed by atoms with Crippen LogP contribution >= 0.6 is 0 Å². The van der Waals surface area contributed by atoms with Gasteiger partial charge >= 0.3 is 6.41 Å². The second-order valence-corrected chi connectivity index (χ2v) is 0.471. The molecule has 0 aliphatic rings. The predicted molar refractivity (Wildman–Crippen MR) is 15.8 cm³/mol. The molecule has 1 radical (unpaired) electrons. The molecule has 5 heteroatoms. The molecule has 6 heavy (non-hydrogen) atoms. The maximum atomic E-state index is 9.03. The monoisotopic (exact) mass is 89.0 g/mol. The van der Waals surface area contributed by atoms with Gasteiger partial charge in [0, 0.05) is 0 Å². The molecule has 0 saturated heterocycles. The third-order valence-electron chi connectivity index (χ3n) is 0.137. The van der Waals surface area contributed by atoms with Gasteiger partial charge in [-0.2, -0.15) is 0 Å². The fourth-order valence-corrected chi connectivity index (χ4v) is 0.0373. The van der Waals surface area contributed by atoms with Gasteiger partial charge in [0.15, 0.2) is 5.03 Å². The largest absolute Gasteiger partial charge is 0.373 e. The highest BCUT2D eigenvalue weighted by Crippen LogP contribution is 1.44. The van der Waals surface area contributed by atoms with E-state index >= 15 is 0 Å². The zero-order valence-corrected chi connectivity index (χ0v) is 2.67. The first-order valence-corrected chi connectivity index (χ1v) is 1.04. The number of rotatable bonds is 2. The maximum absolute atomic E-state index is 9.03. The van der Waals surface area contributed by atoms with Crippen LogP contribution < -0.4 is 5.43 Å². The van der Waals surface area contributed by atoms with Gasteiger partial charge in [-0.05, 0) is 0 Å². The van der Waals surface area contributed by atoms with E-state index in [1.54, 1.807) is 0 Å². The molecule has 0 aliphatic heterocycles. The fourth-order valence-electron chi connectivity index (χ4n) is 0.0373. The topological polar surface area (TPSA) is 72.2 Å². The average Bonchev–Trinajstić information content (AvgIpc) is 1.35. The zero-order valence-electron chi connectivity index (χ0n) is 2.67. The quantitative estimate of drug-likeness (QED) is 0.263. The van der Waals surface area contributed by atoms with E-state index in [9.17, 15) is 0 Å². The fraction of sp³-hybridized carbons (Fsp3) is 0. The van der Waals surface area contributed by atoms with Crippen molar-refractivity contribution in [3.05, 3.63) is 10.1 Å². The van der Waals surface area contributed by atoms with Crippen LogP contribution in [-0.2, 0) is 4.79 Å². The summed E-state index contributed by atoms with van der Waals surface area (Å²) in [6.45, 7) is 0. The third-order valence-corrected chi connectivity index (χ3v) is 0.137. The second-order valence-electron chi connectivity index (χ2n) is 0.471. The molecule has 0 aromatic carbocycles. The van der Waals surface area contributed by atoms with Crippen molar-refractivity contribution in [1.29, 1.82) is 0 Å². The molecule has 5 nitrogen and oxygen atoms in total. The van der Waals surface area contributed by atoms with Gasteiger partial charge in [-0.25, -0.2) is 10.1 Å². The molecular formula is CHN2O3. The molecule has 0 unspecified atom stereocenters. The van der Waals surface area contributed by atoms with E-state index < -0.39 is 5.03 Å². The van der Waals surface area contributed by atoms with Crippen LogP contribution in [0.15, 0.2) is 0 Å². The molecule has 0 spiro atoms. The number of amides is 1. The summed E-state index contributed by atoms with van der Waals surface area (Å²) in [6.07, 6.45) is 0.868. The minimum Gasteiger partial charge on any atom is -0.257 e. The first-order chi connectivity index (χ1) is 2.77. The summed E-state index contributed by atoms with van der Waals surface area (Å²) in [5.41, 5.74) is 1.12. The minimum atomic E-state index is -0.993. The molecule has 0 atom stereocenters. The summed E-state index contributed by atoms with van der Waals surface area (Å²) in [6, 6.07) is 0. The number of nitro groups is 1. The van der Waals surface area contributed by atoms with Crippen LogP contribution in [0.4, 0.5) is 0 Å². The Bertz CT molecular complexity index is 69.2. The highest BCUT2D eigenvalue weighted by molar-refractivity contribution is 5.44. The third kappa shape index (κ3) is 2.87. The zero-order chi connectivity index (χ0) is 4.99. The van der Waals surface area contributed by atoms with Crippen molar-refractivity contribution >= 4 is 6.41 Å². The average molecular weight is 89.0 g/mol. The Balaban J connectivity index is 3.05. The molecule has 0 saturated carbocycles. The van der Waals surface area contributed by atoms with Crippen molar-refractivity contribution in [2.45, 2.75) is 0 Å². The molecule has 0 fully saturated rings. The Hall–Kier alpha value is -1.13. The summed E-state index contributed by atoms with van der Waals surface area (Å²) >= 11 is 0. The van der Waals surface area contributed by atoms with Gasteiger partial charge in [0.2, 0.25) is 0 Å². The lowest BCUT2D eigenvalue weighted by Crippen LogP contribution is -2.18. The van der Waals surface area contributed by atoms with Crippen LogP contribution in [0.5, 0.6) is 0 Å².